The smallest absolute Gasteiger partial charge is 0.0218 e. The number of allylic oxidation sites excluding steroid dienone is 2. The van der Waals surface area contributed by atoms with Gasteiger partial charge in [0.1, 0.15) is 0 Å². The first-order valence-electron chi connectivity index (χ1n) is 13.8. The van der Waals surface area contributed by atoms with Crippen molar-refractivity contribution in [3.8, 4) is 22.3 Å². The Hall–Kier alpha value is -3.42. The van der Waals surface area contributed by atoms with E-state index in [1.54, 1.807) is 22.3 Å². The second-order valence-electron chi connectivity index (χ2n) is 11.2. The average molecular weight is 497 g/mol. The molecule has 2 atom stereocenters. The summed E-state index contributed by atoms with van der Waals surface area (Å²) in [5.41, 5.74) is 17.2. The van der Waals surface area contributed by atoms with Crippen molar-refractivity contribution in [2.75, 3.05) is 0 Å². The van der Waals surface area contributed by atoms with Crippen LogP contribution in [0.2, 0.25) is 12.1 Å². The van der Waals surface area contributed by atoms with Crippen molar-refractivity contribution < 1.29 is 0 Å². The van der Waals surface area contributed by atoms with Gasteiger partial charge in [-0.3, -0.25) is 0 Å². The second kappa shape index (κ2) is 9.80. The van der Waals surface area contributed by atoms with Crippen molar-refractivity contribution in [2.45, 2.75) is 51.6 Å². The number of rotatable bonds is 6. The van der Waals surface area contributed by atoms with Crippen molar-refractivity contribution >= 4 is 21.7 Å². The molecule has 0 aromatic heterocycles. The van der Waals surface area contributed by atoms with Crippen LogP contribution in [0.15, 0.2) is 96.1 Å². The molecule has 6 rings (SSSR count). The molecule has 2 aliphatic carbocycles. The Kier molecular flexibility index (Phi) is 6.34. The lowest BCUT2D eigenvalue weighted by molar-refractivity contribution is 0.876. The monoisotopic (exact) mass is 496 g/mol. The van der Waals surface area contributed by atoms with E-state index in [-0.39, 0.29) is 9.52 Å². The Morgan fingerprint density at radius 1 is 0.541 bits per heavy atom. The highest BCUT2D eigenvalue weighted by molar-refractivity contribution is 6.36. The quantitative estimate of drug-likeness (QED) is 0.233. The van der Waals surface area contributed by atoms with Gasteiger partial charge >= 0.3 is 0 Å². The van der Waals surface area contributed by atoms with E-state index in [2.05, 4.69) is 125 Å². The Morgan fingerprint density at radius 3 is 1.41 bits per heavy atom. The van der Waals surface area contributed by atoms with Gasteiger partial charge in [-0.2, -0.15) is 0 Å². The lowest BCUT2D eigenvalue weighted by Gasteiger charge is -2.19. The van der Waals surface area contributed by atoms with Crippen LogP contribution in [0.1, 0.15) is 59.1 Å². The van der Waals surface area contributed by atoms with E-state index in [9.17, 15) is 0 Å². The molecule has 37 heavy (non-hydrogen) atoms. The van der Waals surface area contributed by atoms with Gasteiger partial charge < -0.3 is 0 Å². The van der Waals surface area contributed by atoms with Gasteiger partial charge in [0.2, 0.25) is 0 Å². The van der Waals surface area contributed by atoms with E-state index in [1.165, 1.54) is 56.6 Å². The third kappa shape index (κ3) is 4.47. The summed E-state index contributed by atoms with van der Waals surface area (Å²) in [4.78, 5) is 0. The van der Waals surface area contributed by atoms with Crippen LogP contribution in [0.5, 0.6) is 0 Å². The molecule has 2 aliphatic rings. The van der Waals surface area contributed by atoms with Crippen molar-refractivity contribution in [1.29, 1.82) is 0 Å². The molecule has 0 N–H and O–H groups in total. The fourth-order valence-electron chi connectivity index (χ4n) is 6.66. The predicted octanol–water partition coefficient (Wildman–Crippen LogP) is 9.34. The topological polar surface area (TPSA) is 0 Å². The maximum atomic E-state index is 2.47. The van der Waals surface area contributed by atoms with Crippen molar-refractivity contribution in [3.05, 3.63) is 129 Å². The molecule has 0 spiro atoms. The fourth-order valence-corrected chi connectivity index (χ4v) is 9.25. The number of benzene rings is 4. The zero-order valence-corrected chi connectivity index (χ0v) is 23.9. The van der Waals surface area contributed by atoms with E-state index in [0.717, 1.165) is 0 Å². The molecule has 0 heterocycles. The standard InChI is InChI=1S/C36H36Si/c1-23-9-5-11-27(17-23)29-13-7-15-31-33(29)19-25(3)35(31)21-37-22-36-26(4)20-34-30(14-8-16-32(34)36)28-12-6-10-24(2)18-28/h5-20,35-36H,21-22,37H2,1-4H3. The van der Waals surface area contributed by atoms with E-state index in [0.29, 0.717) is 11.8 Å². The van der Waals surface area contributed by atoms with Crippen LogP contribution in [-0.4, -0.2) is 9.52 Å². The molecule has 0 saturated heterocycles. The Bertz CT molecular complexity index is 1430. The average Bonchev–Trinajstić information content (AvgIpc) is 3.39. The third-order valence-electron chi connectivity index (χ3n) is 8.52. The molecule has 0 nitrogen and oxygen atoms in total. The second-order valence-corrected chi connectivity index (χ2v) is 13.0. The largest absolute Gasteiger partial charge is 0.0655 e. The van der Waals surface area contributed by atoms with Crippen LogP contribution in [0.3, 0.4) is 0 Å². The lowest BCUT2D eigenvalue weighted by Crippen LogP contribution is -2.06. The number of hydrogen-bond donors (Lipinski definition) is 0. The molecule has 0 aliphatic heterocycles. The Morgan fingerprint density at radius 2 is 0.973 bits per heavy atom. The molecule has 0 amide bonds. The summed E-state index contributed by atoms with van der Waals surface area (Å²) in [6.45, 7) is 9.07. The first-order valence-corrected chi connectivity index (χ1v) is 15.8. The van der Waals surface area contributed by atoms with Crippen LogP contribution in [0, 0.1) is 13.8 Å². The molecule has 0 bridgehead atoms. The van der Waals surface area contributed by atoms with Gasteiger partial charge in [0, 0.05) is 21.4 Å². The minimum absolute atomic E-state index is 0.235. The van der Waals surface area contributed by atoms with Crippen LogP contribution in [0.4, 0.5) is 0 Å². The predicted molar refractivity (Wildman–Crippen MR) is 164 cm³/mol. The van der Waals surface area contributed by atoms with Crippen LogP contribution in [-0.2, 0) is 0 Å². The molecular formula is C36H36Si. The van der Waals surface area contributed by atoms with E-state index in [1.807, 2.05) is 0 Å². The lowest BCUT2D eigenvalue weighted by atomic mass is 9.93. The molecule has 4 aromatic carbocycles. The highest BCUT2D eigenvalue weighted by Gasteiger charge is 2.27. The maximum absolute atomic E-state index is 2.47. The van der Waals surface area contributed by atoms with Gasteiger partial charge in [0.15, 0.2) is 0 Å². The first kappa shape index (κ1) is 23.9. The molecule has 0 saturated carbocycles. The molecular weight excluding hydrogens is 460 g/mol. The molecule has 0 fully saturated rings. The minimum Gasteiger partial charge on any atom is -0.0655 e. The fraction of sp³-hybridized carbons (Fsp3) is 0.222. The van der Waals surface area contributed by atoms with Crippen LogP contribution >= 0.6 is 0 Å². The summed E-state index contributed by atoms with van der Waals surface area (Å²) in [6, 6.07) is 34.5. The summed E-state index contributed by atoms with van der Waals surface area (Å²) in [6.07, 6.45) is 4.94. The van der Waals surface area contributed by atoms with Gasteiger partial charge in [0.25, 0.3) is 0 Å². The number of hydrogen-bond acceptors (Lipinski definition) is 0. The molecule has 184 valence electrons. The molecule has 2 unspecified atom stereocenters. The minimum atomic E-state index is -0.235. The van der Waals surface area contributed by atoms with Gasteiger partial charge in [-0.1, -0.05) is 131 Å². The zero-order chi connectivity index (χ0) is 25.5. The molecule has 4 aromatic rings. The van der Waals surface area contributed by atoms with Gasteiger partial charge in [-0.25, -0.2) is 0 Å². The summed E-state index contributed by atoms with van der Waals surface area (Å²) in [5, 5.41) is 0. The molecule has 1 heteroatoms. The van der Waals surface area contributed by atoms with Gasteiger partial charge in [-0.05, 0) is 72.2 Å². The van der Waals surface area contributed by atoms with Crippen LogP contribution in [0.25, 0.3) is 34.4 Å². The number of fused-ring (bicyclic) bond motifs is 2. The summed E-state index contributed by atoms with van der Waals surface area (Å²) < 4.78 is 0. The summed E-state index contributed by atoms with van der Waals surface area (Å²) in [7, 11) is -0.235. The zero-order valence-electron chi connectivity index (χ0n) is 22.5. The highest BCUT2D eigenvalue weighted by atomic mass is 28.2. The van der Waals surface area contributed by atoms with Crippen molar-refractivity contribution in [2.24, 2.45) is 0 Å². The summed E-state index contributed by atoms with van der Waals surface area (Å²) in [5.74, 6) is 1.19. The van der Waals surface area contributed by atoms with E-state index in [4.69, 9.17) is 0 Å². The summed E-state index contributed by atoms with van der Waals surface area (Å²) >= 11 is 0. The van der Waals surface area contributed by atoms with Crippen LogP contribution < -0.4 is 0 Å². The maximum Gasteiger partial charge on any atom is 0.0218 e. The SMILES string of the molecule is CC1=Cc2c(-c3cccc(C)c3)cccc2C1C[SiH2]CC1C(C)=Cc2c(-c3cccc(C)c3)cccc21. The Labute approximate surface area is 224 Å². The highest BCUT2D eigenvalue weighted by Crippen LogP contribution is 2.45. The third-order valence-corrected chi connectivity index (χ3v) is 10.5. The molecule has 0 radical (unpaired) electrons. The van der Waals surface area contributed by atoms with E-state index < -0.39 is 0 Å². The normalized spacial score (nSPS) is 18.2. The number of aryl methyl sites for hydroxylation is 2. The van der Waals surface area contributed by atoms with Gasteiger partial charge in [-0.15, -0.1) is 0 Å². The van der Waals surface area contributed by atoms with Gasteiger partial charge in [0.05, 0.1) is 0 Å². The Balaban J connectivity index is 1.21. The van der Waals surface area contributed by atoms with E-state index >= 15 is 0 Å². The van der Waals surface area contributed by atoms with Crippen molar-refractivity contribution in [1.82, 2.24) is 0 Å². The van der Waals surface area contributed by atoms with Crippen molar-refractivity contribution in [3.63, 3.8) is 0 Å². The first-order chi connectivity index (χ1) is 18.0.